The number of benzene rings is 1. The van der Waals surface area contributed by atoms with Crippen molar-refractivity contribution in [1.82, 2.24) is 5.16 Å². The maximum Gasteiger partial charge on any atom is 0.188 e. The molecule has 1 aliphatic heterocycles. The zero-order valence-corrected chi connectivity index (χ0v) is 8.32. The highest BCUT2D eigenvalue weighted by Crippen LogP contribution is 2.45. The van der Waals surface area contributed by atoms with E-state index in [9.17, 15) is 0 Å². The summed E-state index contributed by atoms with van der Waals surface area (Å²) in [5.74, 6) is 0. The van der Waals surface area contributed by atoms with E-state index in [4.69, 9.17) is 4.52 Å². The van der Waals surface area contributed by atoms with E-state index in [-0.39, 0.29) is 0 Å². The fourth-order valence-corrected chi connectivity index (χ4v) is 3.07. The van der Waals surface area contributed by atoms with E-state index < -0.39 is 10.9 Å². The standard InChI is InChI=1S/C11H9NOS/c1-2-6-10-9(5-1)11(13-12-10)14-7-3-4-8-14/h1-8,14H. The van der Waals surface area contributed by atoms with E-state index in [0.29, 0.717) is 0 Å². The van der Waals surface area contributed by atoms with Gasteiger partial charge in [0.15, 0.2) is 5.09 Å². The number of aromatic nitrogens is 1. The molecular weight excluding hydrogens is 194 g/mol. The van der Waals surface area contributed by atoms with Crippen molar-refractivity contribution in [3.63, 3.8) is 0 Å². The van der Waals surface area contributed by atoms with Crippen LogP contribution in [-0.4, -0.2) is 5.16 Å². The topological polar surface area (TPSA) is 26.0 Å². The highest BCUT2D eigenvalue weighted by Gasteiger charge is 2.12. The van der Waals surface area contributed by atoms with Gasteiger partial charge in [-0.05, 0) is 22.9 Å². The summed E-state index contributed by atoms with van der Waals surface area (Å²) in [5, 5.41) is 10.5. The van der Waals surface area contributed by atoms with Gasteiger partial charge in [-0.15, -0.1) is 0 Å². The molecular formula is C11H9NOS. The zero-order chi connectivity index (χ0) is 9.38. The molecule has 0 N–H and O–H groups in total. The van der Waals surface area contributed by atoms with Gasteiger partial charge in [0, 0.05) is 0 Å². The number of fused-ring (bicyclic) bond motifs is 1. The largest absolute Gasteiger partial charge is 0.350 e. The van der Waals surface area contributed by atoms with Gasteiger partial charge >= 0.3 is 0 Å². The molecule has 0 amide bonds. The third-order valence-electron chi connectivity index (χ3n) is 2.20. The second-order valence-electron chi connectivity index (χ2n) is 3.10. The van der Waals surface area contributed by atoms with Gasteiger partial charge in [0.1, 0.15) is 5.52 Å². The SMILES string of the molecule is C1=C[SH](c2onc3ccccc23)C=C1. The van der Waals surface area contributed by atoms with Crippen molar-refractivity contribution in [3.05, 3.63) is 47.2 Å². The summed E-state index contributed by atoms with van der Waals surface area (Å²) in [7, 11) is -0.393. The smallest absolute Gasteiger partial charge is 0.188 e. The van der Waals surface area contributed by atoms with Crippen LogP contribution in [-0.2, 0) is 0 Å². The number of hydrogen-bond donors (Lipinski definition) is 1. The van der Waals surface area contributed by atoms with Crippen molar-refractivity contribution in [2.75, 3.05) is 0 Å². The van der Waals surface area contributed by atoms with Gasteiger partial charge in [0.2, 0.25) is 0 Å². The number of thiol groups is 1. The number of hydrogen-bond acceptors (Lipinski definition) is 2. The van der Waals surface area contributed by atoms with E-state index in [2.05, 4.69) is 34.2 Å². The molecule has 3 heteroatoms. The van der Waals surface area contributed by atoms with Crippen LogP contribution in [0.4, 0.5) is 0 Å². The van der Waals surface area contributed by atoms with Crippen LogP contribution in [0.1, 0.15) is 0 Å². The Hall–Kier alpha value is -1.48. The molecule has 2 nitrogen and oxygen atoms in total. The van der Waals surface area contributed by atoms with Crippen LogP contribution >= 0.6 is 10.9 Å². The van der Waals surface area contributed by atoms with Crippen LogP contribution in [0.3, 0.4) is 0 Å². The van der Waals surface area contributed by atoms with E-state index in [1.54, 1.807) is 0 Å². The first-order valence-electron chi connectivity index (χ1n) is 4.43. The average Bonchev–Trinajstić information content (AvgIpc) is 2.85. The van der Waals surface area contributed by atoms with Gasteiger partial charge in [0.25, 0.3) is 0 Å². The Bertz CT molecular complexity index is 515. The predicted octanol–water partition coefficient (Wildman–Crippen LogP) is 3.23. The van der Waals surface area contributed by atoms with Crippen LogP contribution in [0.15, 0.2) is 56.8 Å². The maximum absolute atomic E-state index is 5.38. The molecule has 0 fully saturated rings. The summed E-state index contributed by atoms with van der Waals surface area (Å²) in [6.07, 6.45) is 4.12. The van der Waals surface area contributed by atoms with Crippen molar-refractivity contribution in [1.29, 1.82) is 0 Å². The summed E-state index contributed by atoms with van der Waals surface area (Å²) in [6, 6.07) is 8.02. The highest BCUT2D eigenvalue weighted by molar-refractivity contribution is 8.22. The minimum atomic E-state index is -0.393. The molecule has 0 saturated carbocycles. The summed E-state index contributed by atoms with van der Waals surface area (Å²) >= 11 is 0. The maximum atomic E-state index is 5.38. The Balaban J connectivity index is 2.21. The molecule has 70 valence electrons. The first-order valence-corrected chi connectivity index (χ1v) is 5.91. The third-order valence-corrected chi connectivity index (χ3v) is 3.98. The first-order chi connectivity index (χ1) is 6.95. The molecule has 0 spiro atoms. The second kappa shape index (κ2) is 3.03. The van der Waals surface area contributed by atoms with Crippen molar-refractivity contribution in [2.24, 2.45) is 0 Å². The molecule has 3 rings (SSSR count). The lowest BCUT2D eigenvalue weighted by Gasteiger charge is -2.03. The number of allylic oxidation sites excluding steroid dienone is 2. The molecule has 0 bridgehead atoms. The molecule has 1 aliphatic rings. The minimum absolute atomic E-state index is 0.393. The zero-order valence-electron chi connectivity index (χ0n) is 7.42. The molecule has 2 aromatic rings. The molecule has 0 unspecified atom stereocenters. The van der Waals surface area contributed by atoms with Crippen LogP contribution in [0.2, 0.25) is 0 Å². The molecule has 1 aromatic carbocycles. The second-order valence-corrected chi connectivity index (χ2v) is 4.91. The quantitative estimate of drug-likeness (QED) is 0.720. The highest BCUT2D eigenvalue weighted by atomic mass is 32.2. The monoisotopic (exact) mass is 203 g/mol. The fraction of sp³-hybridized carbons (Fsp3) is 0. The summed E-state index contributed by atoms with van der Waals surface area (Å²) in [6.45, 7) is 0. The molecule has 14 heavy (non-hydrogen) atoms. The van der Waals surface area contributed by atoms with Gasteiger partial charge < -0.3 is 4.52 Å². The molecule has 1 aromatic heterocycles. The van der Waals surface area contributed by atoms with E-state index in [1.807, 2.05) is 18.2 Å². The lowest BCUT2D eigenvalue weighted by Crippen LogP contribution is -1.70. The molecule has 0 saturated heterocycles. The molecule has 2 heterocycles. The summed E-state index contributed by atoms with van der Waals surface area (Å²) in [4.78, 5) is 0. The Labute approximate surface area is 84.2 Å². The minimum Gasteiger partial charge on any atom is -0.350 e. The van der Waals surface area contributed by atoms with Crippen LogP contribution in [0, 0.1) is 0 Å². The normalized spacial score (nSPS) is 17.0. The Morgan fingerprint density at radius 1 is 1.07 bits per heavy atom. The Morgan fingerprint density at radius 3 is 2.71 bits per heavy atom. The summed E-state index contributed by atoms with van der Waals surface area (Å²) in [5.41, 5.74) is 0.943. The number of nitrogens with zero attached hydrogens (tertiary/aromatic N) is 1. The van der Waals surface area contributed by atoms with E-state index >= 15 is 0 Å². The van der Waals surface area contributed by atoms with Gasteiger partial charge in [0.05, 0.1) is 5.39 Å². The van der Waals surface area contributed by atoms with Gasteiger partial charge in [-0.3, -0.25) is 0 Å². The van der Waals surface area contributed by atoms with Crippen LogP contribution < -0.4 is 0 Å². The predicted molar refractivity (Wildman–Crippen MR) is 59.5 cm³/mol. The number of rotatable bonds is 1. The Morgan fingerprint density at radius 2 is 1.86 bits per heavy atom. The van der Waals surface area contributed by atoms with Crippen molar-refractivity contribution in [3.8, 4) is 0 Å². The van der Waals surface area contributed by atoms with Gasteiger partial charge in [-0.25, -0.2) is 0 Å². The molecule has 0 atom stereocenters. The Kier molecular flexibility index (Phi) is 1.70. The average molecular weight is 203 g/mol. The van der Waals surface area contributed by atoms with Gasteiger partial charge in [-0.1, -0.05) is 29.4 Å². The first kappa shape index (κ1) is 7.88. The van der Waals surface area contributed by atoms with Crippen LogP contribution in [0.5, 0.6) is 0 Å². The van der Waals surface area contributed by atoms with Crippen LogP contribution in [0.25, 0.3) is 10.9 Å². The van der Waals surface area contributed by atoms with Crippen molar-refractivity contribution < 1.29 is 4.52 Å². The lowest BCUT2D eigenvalue weighted by molar-refractivity contribution is 0.357. The van der Waals surface area contributed by atoms with Crippen molar-refractivity contribution in [2.45, 2.75) is 5.09 Å². The van der Waals surface area contributed by atoms with Crippen molar-refractivity contribution >= 4 is 21.8 Å². The molecule has 0 radical (unpaired) electrons. The van der Waals surface area contributed by atoms with Gasteiger partial charge in [-0.2, -0.15) is 10.9 Å². The third kappa shape index (κ3) is 1.09. The fourth-order valence-electron chi connectivity index (χ4n) is 1.53. The summed E-state index contributed by atoms with van der Waals surface area (Å²) < 4.78 is 5.38. The van der Waals surface area contributed by atoms with E-state index in [0.717, 1.165) is 16.0 Å². The molecule has 0 aliphatic carbocycles. The van der Waals surface area contributed by atoms with E-state index in [1.165, 1.54) is 0 Å². The lowest BCUT2D eigenvalue weighted by atomic mass is 10.3.